The first-order chi connectivity index (χ1) is 12.9. The van der Waals surface area contributed by atoms with Crippen molar-refractivity contribution in [3.63, 3.8) is 0 Å². The number of amides is 1. The number of halogens is 1. The molecular weight excluding hydrogens is 452 g/mol. The van der Waals surface area contributed by atoms with Crippen molar-refractivity contribution in [2.75, 3.05) is 24.6 Å². The number of carbonyl (C=O) groups excluding carboxylic acids is 1. The Morgan fingerprint density at radius 2 is 2.15 bits per heavy atom. The molecule has 0 saturated carbocycles. The summed E-state index contributed by atoms with van der Waals surface area (Å²) < 4.78 is 30.3. The van der Waals surface area contributed by atoms with Crippen LogP contribution in [0, 0.1) is 0 Å². The van der Waals surface area contributed by atoms with Crippen molar-refractivity contribution in [2.24, 2.45) is 0 Å². The maximum atomic E-state index is 13.1. The average Bonchev–Trinajstić information content (AvgIpc) is 3.34. The molecule has 1 saturated heterocycles. The van der Waals surface area contributed by atoms with Crippen LogP contribution in [0.3, 0.4) is 0 Å². The van der Waals surface area contributed by atoms with E-state index < -0.39 is 9.84 Å². The molecule has 1 amide bonds. The van der Waals surface area contributed by atoms with Crippen LogP contribution < -0.4 is 0 Å². The van der Waals surface area contributed by atoms with Crippen molar-refractivity contribution < 1.29 is 17.6 Å². The SMILES string of the molecule is CCN(CC(=O)N(Cc1ccco1)C1CCS(=O)(=O)C1)Cc1ccc(Br)s1. The molecule has 1 aliphatic rings. The number of sulfone groups is 1. The topological polar surface area (TPSA) is 70.8 Å². The van der Waals surface area contributed by atoms with E-state index in [4.69, 9.17) is 4.42 Å². The maximum absolute atomic E-state index is 13.1. The number of likely N-dealkylation sites (N-methyl/N-ethyl adjacent to an activating group) is 1. The molecule has 2 aromatic heterocycles. The minimum absolute atomic E-state index is 0.0312. The van der Waals surface area contributed by atoms with Gasteiger partial charge in [-0.15, -0.1) is 11.3 Å². The Morgan fingerprint density at radius 3 is 2.70 bits per heavy atom. The highest BCUT2D eigenvalue weighted by Crippen LogP contribution is 2.24. The zero-order valence-corrected chi connectivity index (χ0v) is 18.4. The molecule has 9 heteroatoms. The summed E-state index contributed by atoms with van der Waals surface area (Å²) in [5.74, 6) is 0.771. The quantitative estimate of drug-likeness (QED) is 0.587. The third-order valence-corrected chi connectivity index (χ3v) is 8.05. The predicted octanol–water partition coefficient (Wildman–Crippen LogP) is 3.14. The van der Waals surface area contributed by atoms with Gasteiger partial charge in [0.25, 0.3) is 0 Å². The van der Waals surface area contributed by atoms with E-state index in [9.17, 15) is 13.2 Å². The fraction of sp³-hybridized carbons (Fsp3) is 0.500. The van der Waals surface area contributed by atoms with Crippen LogP contribution in [0.2, 0.25) is 0 Å². The molecule has 148 valence electrons. The van der Waals surface area contributed by atoms with E-state index >= 15 is 0 Å². The summed E-state index contributed by atoms with van der Waals surface area (Å²) in [4.78, 5) is 18.0. The molecule has 0 aromatic carbocycles. The highest BCUT2D eigenvalue weighted by Gasteiger charge is 2.35. The van der Waals surface area contributed by atoms with Crippen LogP contribution in [0.4, 0.5) is 0 Å². The normalized spacial score (nSPS) is 18.9. The van der Waals surface area contributed by atoms with Crippen LogP contribution >= 0.6 is 27.3 Å². The van der Waals surface area contributed by atoms with Gasteiger partial charge in [-0.2, -0.15) is 0 Å². The molecular formula is C18H23BrN2O4S2. The van der Waals surface area contributed by atoms with Gasteiger partial charge in [0.1, 0.15) is 5.76 Å². The Morgan fingerprint density at radius 1 is 1.33 bits per heavy atom. The average molecular weight is 475 g/mol. The molecule has 1 fully saturated rings. The second-order valence-electron chi connectivity index (χ2n) is 6.67. The lowest BCUT2D eigenvalue weighted by Crippen LogP contribution is -2.45. The van der Waals surface area contributed by atoms with Crippen LogP contribution in [0.15, 0.2) is 38.7 Å². The third-order valence-electron chi connectivity index (χ3n) is 4.69. The third kappa shape index (κ3) is 5.66. The van der Waals surface area contributed by atoms with E-state index in [1.165, 1.54) is 4.88 Å². The molecule has 3 rings (SSSR count). The molecule has 6 nitrogen and oxygen atoms in total. The highest BCUT2D eigenvalue weighted by molar-refractivity contribution is 9.11. The minimum Gasteiger partial charge on any atom is -0.467 e. The fourth-order valence-corrected chi connectivity index (χ4v) is 6.49. The van der Waals surface area contributed by atoms with Crippen molar-refractivity contribution in [3.8, 4) is 0 Å². The molecule has 3 heterocycles. The van der Waals surface area contributed by atoms with E-state index in [2.05, 4.69) is 20.8 Å². The van der Waals surface area contributed by atoms with Crippen LogP contribution in [-0.4, -0.2) is 54.8 Å². The molecule has 27 heavy (non-hydrogen) atoms. The summed E-state index contributed by atoms with van der Waals surface area (Å²) in [7, 11) is -3.07. The molecule has 0 spiro atoms. The predicted molar refractivity (Wildman–Crippen MR) is 109 cm³/mol. The molecule has 2 aromatic rings. The molecule has 0 radical (unpaired) electrons. The van der Waals surface area contributed by atoms with Gasteiger partial charge in [-0.25, -0.2) is 8.42 Å². The molecule has 1 aliphatic heterocycles. The minimum atomic E-state index is -3.07. The van der Waals surface area contributed by atoms with Crippen LogP contribution in [0.25, 0.3) is 0 Å². The molecule has 0 bridgehead atoms. The summed E-state index contributed by atoms with van der Waals surface area (Å²) in [6, 6.07) is 7.34. The standard InChI is InChI=1S/C18H23BrN2O4S2/c1-2-20(11-16-5-6-17(19)26-16)12-18(22)21(10-15-4-3-8-25-15)14-7-9-27(23,24)13-14/h3-6,8,14H,2,7,9-13H2,1H3. The molecule has 0 N–H and O–H groups in total. The number of nitrogens with zero attached hydrogens (tertiary/aromatic N) is 2. The lowest BCUT2D eigenvalue weighted by molar-refractivity contribution is -0.135. The number of hydrogen-bond donors (Lipinski definition) is 0. The second-order valence-corrected chi connectivity index (χ2v) is 11.4. The smallest absolute Gasteiger partial charge is 0.237 e. The zero-order chi connectivity index (χ0) is 19.4. The van der Waals surface area contributed by atoms with Gasteiger partial charge in [-0.05, 0) is 53.2 Å². The van der Waals surface area contributed by atoms with Crippen molar-refractivity contribution in [2.45, 2.75) is 32.5 Å². The van der Waals surface area contributed by atoms with Gasteiger partial charge in [0, 0.05) is 17.5 Å². The number of furan rings is 1. The Bertz CT molecular complexity index is 864. The lowest BCUT2D eigenvalue weighted by atomic mass is 10.2. The van der Waals surface area contributed by atoms with Crippen LogP contribution in [0.1, 0.15) is 24.0 Å². The first kappa shape index (κ1) is 20.6. The number of rotatable bonds is 8. The monoisotopic (exact) mass is 474 g/mol. The highest BCUT2D eigenvalue weighted by atomic mass is 79.9. The molecule has 0 aliphatic carbocycles. The fourth-order valence-electron chi connectivity index (χ4n) is 3.23. The van der Waals surface area contributed by atoms with E-state index in [0.717, 1.165) is 10.3 Å². The lowest BCUT2D eigenvalue weighted by Gasteiger charge is -2.30. The van der Waals surface area contributed by atoms with Gasteiger partial charge in [-0.1, -0.05) is 6.92 Å². The summed E-state index contributed by atoms with van der Waals surface area (Å²) in [6.07, 6.45) is 2.05. The number of hydrogen-bond acceptors (Lipinski definition) is 6. The van der Waals surface area contributed by atoms with E-state index in [1.54, 1.807) is 28.6 Å². The Hall–Kier alpha value is -1.16. The largest absolute Gasteiger partial charge is 0.467 e. The van der Waals surface area contributed by atoms with Crippen LogP contribution in [-0.2, 0) is 27.7 Å². The number of carbonyl (C=O) groups is 1. The maximum Gasteiger partial charge on any atom is 0.237 e. The van der Waals surface area contributed by atoms with Gasteiger partial charge in [0.2, 0.25) is 5.91 Å². The summed E-state index contributed by atoms with van der Waals surface area (Å²) in [5.41, 5.74) is 0. The van der Waals surface area contributed by atoms with Gasteiger partial charge in [0.05, 0.1) is 34.6 Å². The Balaban J connectivity index is 1.71. The molecule has 1 atom stereocenters. The first-order valence-electron chi connectivity index (χ1n) is 8.85. The van der Waals surface area contributed by atoms with E-state index in [1.807, 2.05) is 25.1 Å². The first-order valence-corrected chi connectivity index (χ1v) is 12.3. The zero-order valence-electron chi connectivity index (χ0n) is 15.1. The Labute approximate surface area is 172 Å². The van der Waals surface area contributed by atoms with Crippen molar-refractivity contribution in [1.82, 2.24) is 9.80 Å². The van der Waals surface area contributed by atoms with Crippen molar-refractivity contribution in [3.05, 3.63) is 45.0 Å². The van der Waals surface area contributed by atoms with Gasteiger partial charge in [0.15, 0.2) is 9.84 Å². The van der Waals surface area contributed by atoms with Crippen molar-refractivity contribution in [1.29, 1.82) is 0 Å². The van der Waals surface area contributed by atoms with Gasteiger partial charge >= 0.3 is 0 Å². The number of thiophene rings is 1. The molecule has 1 unspecified atom stereocenters. The van der Waals surface area contributed by atoms with Gasteiger partial charge in [-0.3, -0.25) is 9.69 Å². The summed E-state index contributed by atoms with van der Waals surface area (Å²) >= 11 is 5.12. The van der Waals surface area contributed by atoms with E-state index in [0.29, 0.717) is 25.3 Å². The van der Waals surface area contributed by atoms with Crippen LogP contribution in [0.5, 0.6) is 0 Å². The van der Waals surface area contributed by atoms with Crippen molar-refractivity contribution >= 4 is 43.0 Å². The second kappa shape index (κ2) is 8.89. The summed E-state index contributed by atoms with van der Waals surface area (Å²) in [6.45, 7) is 4.00. The van der Waals surface area contributed by atoms with E-state index in [-0.39, 0.29) is 30.0 Å². The van der Waals surface area contributed by atoms with Gasteiger partial charge < -0.3 is 9.32 Å². The Kier molecular flexibility index (Phi) is 6.78. The summed E-state index contributed by atoms with van der Waals surface area (Å²) in [5, 5.41) is 0.